The number of aromatic hydroxyl groups is 1. The third-order valence-corrected chi connectivity index (χ3v) is 11.0. The molecule has 0 radical (unpaired) electrons. The predicted octanol–water partition coefficient (Wildman–Crippen LogP) is 5.51. The van der Waals surface area contributed by atoms with Gasteiger partial charge in [-0.1, -0.05) is 25.1 Å². The number of fused-ring (bicyclic) bond motifs is 7. The highest BCUT2D eigenvalue weighted by molar-refractivity contribution is 6.05. The zero-order chi connectivity index (χ0) is 30.4. The molecule has 4 aromatic rings. The number of alkyl halides is 1. The molecule has 0 amide bonds. The number of anilines is 1. The van der Waals surface area contributed by atoms with Gasteiger partial charge in [-0.25, -0.2) is 8.78 Å². The number of nitrogens with zero attached hydrogens (tertiary/aromatic N) is 4. The van der Waals surface area contributed by atoms with Gasteiger partial charge in [-0.3, -0.25) is 4.90 Å². The smallest absolute Gasteiger partial charge is 0.319 e. The summed E-state index contributed by atoms with van der Waals surface area (Å²) in [6.45, 7) is 4.77. The van der Waals surface area contributed by atoms with Crippen molar-refractivity contribution in [2.45, 2.75) is 75.3 Å². The van der Waals surface area contributed by atoms with Crippen LogP contribution in [-0.4, -0.2) is 82.7 Å². The number of hydrogen-bond donors (Lipinski definition) is 2. The quantitative estimate of drug-likeness (QED) is 0.305. The summed E-state index contributed by atoms with van der Waals surface area (Å²) in [6, 6.07) is 11.7. The van der Waals surface area contributed by atoms with Crippen LogP contribution in [0.1, 0.15) is 44.6 Å². The number of phenolic OH excluding ortho intramolecular Hbond substituents is 1. The summed E-state index contributed by atoms with van der Waals surface area (Å²) in [4.78, 5) is 14.1. The summed E-state index contributed by atoms with van der Waals surface area (Å²) in [7, 11) is 0. The molecule has 2 N–H and O–H groups in total. The van der Waals surface area contributed by atoms with E-state index >= 15 is 4.39 Å². The van der Waals surface area contributed by atoms with Gasteiger partial charge in [-0.2, -0.15) is 9.97 Å². The van der Waals surface area contributed by atoms with E-state index < -0.39 is 12.0 Å². The SMILES string of the molecule is CCc1cccc2cc(O)cc(-c3cc4c5c(nc(OC[C@@]67CCCN6C[C@H](F)C7)nc5c3F)N3CC5CC[C@H](N5)[C@@H]3CO4)c12. The van der Waals surface area contributed by atoms with Crippen LogP contribution in [0.15, 0.2) is 36.4 Å². The molecule has 4 fully saturated rings. The van der Waals surface area contributed by atoms with Crippen LogP contribution in [0.2, 0.25) is 0 Å². The van der Waals surface area contributed by atoms with Gasteiger partial charge in [0, 0.05) is 37.2 Å². The topological polar surface area (TPSA) is 83.0 Å². The minimum absolute atomic E-state index is 0.0213. The molecule has 10 heteroatoms. The lowest BCUT2D eigenvalue weighted by molar-refractivity contribution is 0.107. The van der Waals surface area contributed by atoms with Gasteiger partial charge < -0.3 is 24.8 Å². The third kappa shape index (κ3) is 4.21. The molecule has 1 unspecified atom stereocenters. The summed E-state index contributed by atoms with van der Waals surface area (Å²) in [5, 5.41) is 16.7. The predicted molar refractivity (Wildman–Crippen MR) is 169 cm³/mol. The highest BCUT2D eigenvalue weighted by Gasteiger charge is 2.50. The molecule has 1 aromatic heterocycles. The van der Waals surface area contributed by atoms with Crippen LogP contribution in [-0.2, 0) is 6.42 Å². The van der Waals surface area contributed by atoms with Crippen LogP contribution in [0.25, 0.3) is 32.8 Å². The molecular formula is C35H37F2N5O3. The Kier molecular flexibility index (Phi) is 6.20. The molecule has 9 rings (SSSR count). The first-order valence-corrected chi connectivity index (χ1v) is 16.4. The Morgan fingerprint density at radius 2 is 2.04 bits per heavy atom. The number of phenols is 1. The second-order valence-electron chi connectivity index (χ2n) is 13.6. The molecular weight excluding hydrogens is 576 g/mol. The number of ether oxygens (including phenoxy) is 2. The molecule has 2 bridgehead atoms. The fourth-order valence-corrected chi connectivity index (χ4v) is 8.95. The summed E-state index contributed by atoms with van der Waals surface area (Å²) in [5.74, 6) is 0.703. The Labute approximate surface area is 260 Å². The Bertz CT molecular complexity index is 1850. The number of aromatic nitrogens is 2. The third-order valence-electron chi connectivity index (χ3n) is 11.0. The first-order valence-electron chi connectivity index (χ1n) is 16.4. The molecule has 0 aliphatic carbocycles. The Hall–Kier alpha value is -3.76. The van der Waals surface area contributed by atoms with Gasteiger partial charge in [-0.05, 0) is 78.7 Å². The van der Waals surface area contributed by atoms with Gasteiger partial charge in [-0.15, -0.1) is 0 Å². The van der Waals surface area contributed by atoms with Crippen molar-refractivity contribution in [3.8, 4) is 28.6 Å². The second kappa shape index (κ2) is 10.1. The maximum atomic E-state index is 17.1. The molecule has 6 heterocycles. The molecule has 0 spiro atoms. The van der Waals surface area contributed by atoms with E-state index in [9.17, 15) is 9.50 Å². The Morgan fingerprint density at radius 1 is 1.13 bits per heavy atom. The molecule has 8 nitrogen and oxygen atoms in total. The number of hydrogen-bond acceptors (Lipinski definition) is 8. The van der Waals surface area contributed by atoms with E-state index in [0.717, 1.165) is 61.5 Å². The molecule has 45 heavy (non-hydrogen) atoms. The molecule has 0 saturated carbocycles. The van der Waals surface area contributed by atoms with Gasteiger partial charge >= 0.3 is 6.01 Å². The summed E-state index contributed by atoms with van der Waals surface area (Å²) < 4.78 is 44.5. The number of nitrogens with one attached hydrogen (secondary N) is 1. The minimum Gasteiger partial charge on any atom is -0.508 e. The first-order chi connectivity index (χ1) is 21.9. The van der Waals surface area contributed by atoms with Crippen LogP contribution in [0.4, 0.5) is 14.6 Å². The minimum atomic E-state index is -0.877. The number of rotatable bonds is 5. The van der Waals surface area contributed by atoms with Crippen LogP contribution in [0.5, 0.6) is 17.5 Å². The van der Waals surface area contributed by atoms with Crippen LogP contribution < -0.4 is 19.7 Å². The standard InChI is InChI=1S/C35H37F2N5O3/c1-2-19-5-3-6-20-11-23(43)12-24(29(19)20)25-13-28-30-32(31(25)37)39-34(45-18-35-9-4-10-41(35)15-21(36)14-35)40-33(30)42-16-22-7-8-26(38-22)27(42)17-44-28/h3,5-6,11-13,21-22,26-27,38,43H,2,4,7-10,14-18H2,1H3/t21-,22?,26+,27+,35+/m1/s1. The van der Waals surface area contributed by atoms with Gasteiger partial charge in [0.2, 0.25) is 0 Å². The molecule has 234 valence electrons. The van der Waals surface area contributed by atoms with E-state index in [1.54, 1.807) is 18.2 Å². The van der Waals surface area contributed by atoms with E-state index in [1.807, 2.05) is 18.2 Å². The zero-order valence-electron chi connectivity index (χ0n) is 25.4. The van der Waals surface area contributed by atoms with Crippen LogP contribution in [0.3, 0.4) is 0 Å². The van der Waals surface area contributed by atoms with E-state index in [-0.39, 0.29) is 41.5 Å². The Morgan fingerprint density at radius 3 is 2.93 bits per heavy atom. The maximum absolute atomic E-state index is 17.1. The fourth-order valence-electron chi connectivity index (χ4n) is 8.95. The van der Waals surface area contributed by atoms with Crippen molar-refractivity contribution in [1.82, 2.24) is 20.2 Å². The first kappa shape index (κ1) is 27.5. The van der Waals surface area contributed by atoms with Gasteiger partial charge in [0.25, 0.3) is 0 Å². The van der Waals surface area contributed by atoms with Crippen LogP contribution >= 0.6 is 0 Å². The van der Waals surface area contributed by atoms with E-state index in [2.05, 4.69) is 22.0 Å². The highest BCUT2D eigenvalue weighted by Crippen LogP contribution is 2.47. The largest absolute Gasteiger partial charge is 0.508 e. The number of aryl methyl sites for hydroxylation is 1. The van der Waals surface area contributed by atoms with E-state index in [0.29, 0.717) is 53.7 Å². The number of piperazine rings is 1. The zero-order valence-corrected chi connectivity index (χ0v) is 25.4. The van der Waals surface area contributed by atoms with Gasteiger partial charge in [0.15, 0.2) is 5.82 Å². The lowest BCUT2D eigenvalue weighted by atomic mass is 9.92. The molecule has 4 saturated heterocycles. The number of benzene rings is 3. The monoisotopic (exact) mass is 613 g/mol. The van der Waals surface area contributed by atoms with Crippen molar-refractivity contribution in [1.29, 1.82) is 0 Å². The maximum Gasteiger partial charge on any atom is 0.319 e. The summed E-state index contributed by atoms with van der Waals surface area (Å²) in [6.07, 6.45) is 4.28. The van der Waals surface area contributed by atoms with Crippen molar-refractivity contribution in [3.63, 3.8) is 0 Å². The van der Waals surface area contributed by atoms with Crippen molar-refractivity contribution in [2.75, 3.05) is 37.7 Å². The van der Waals surface area contributed by atoms with Crippen molar-refractivity contribution >= 4 is 27.5 Å². The average Bonchev–Trinajstić information content (AvgIpc) is 3.67. The van der Waals surface area contributed by atoms with E-state index in [4.69, 9.17) is 19.4 Å². The van der Waals surface area contributed by atoms with Gasteiger partial charge in [0.1, 0.15) is 42.2 Å². The van der Waals surface area contributed by atoms with Crippen LogP contribution in [0, 0.1) is 5.82 Å². The van der Waals surface area contributed by atoms with Crippen molar-refractivity contribution in [3.05, 3.63) is 47.8 Å². The normalized spacial score (nSPS) is 28.7. The molecule has 3 aromatic carbocycles. The second-order valence-corrected chi connectivity index (χ2v) is 13.6. The summed E-state index contributed by atoms with van der Waals surface area (Å²) >= 11 is 0. The lowest BCUT2D eigenvalue weighted by Crippen LogP contribution is -2.60. The highest BCUT2D eigenvalue weighted by atomic mass is 19.1. The Balaban J connectivity index is 1.24. The van der Waals surface area contributed by atoms with Crippen molar-refractivity contribution in [2.24, 2.45) is 0 Å². The molecule has 5 atom stereocenters. The fraction of sp³-hybridized carbons (Fsp3) is 0.486. The van der Waals surface area contributed by atoms with Crippen molar-refractivity contribution < 1.29 is 23.4 Å². The lowest BCUT2D eigenvalue weighted by Gasteiger charge is -2.40. The summed E-state index contributed by atoms with van der Waals surface area (Å²) in [5.41, 5.74) is 1.71. The average molecular weight is 614 g/mol. The van der Waals surface area contributed by atoms with E-state index in [1.165, 1.54) is 0 Å². The van der Waals surface area contributed by atoms with Gasteiger partial charge in [0.05, 0.1) is 17.0 Å². The number of halogens is 2. The molecule has 5 aliphatic heterocycles. The molecule has 5 aliphatic rings.